The van der Waals surface area contributed by atoms with Crippen LogP contribution in [0.25, 0.3) is 0 Å². The number of aliphatic carboxylic acids is 1. The molecule has 0 fully saturated rings. The van der Waals surface area contributed by atoms with Gasteiger partial charge >= 0.3 is 11.9 Å². The molecular formula is C37H65N5O5. The first-order valence-corrected chi connectivity index (χ1v) is 17.5. The number of nitrogens with zero attached hydrogens (tertiary/aromatic N) is 2. The highest BCUT2D eigenvalue weighted by Gasteiger charge is 2.34. The van der Waals surface area contributed by atoms with Crippen LogP contribution < -0.4 is 20.9 Å². The van der Waals surface area contributed by atoms with E-state index in [-0.39, 0.29) is 30.4 Å². The lowest BCUT2D eigenvalue weighted by Crippen LogP contribution is -2.37. The molecule has 0 bridgehead atoms. The molecule has 3 atom stereocenters. The SMILES string of the molecule is CN(C)C(=N)N=C(N)N.Cc1c(C)c2c(c(C)c1OC(=O)CCC(=O)O)CCC(C)(CCCC(C)CCCC(C)CCCC(C)C)O2. The van der Waals surface area contributed by atoms with Crippen molar-refractivity contribution in [2.24, 2.45) is 34.2 Å². The largest absolute Gasteiger partial charge is 0.487 e. The van der Waals surface area contributed by atoms with Crippen molar-refractivity contribution in [1.29, 1.82) is 5.41 Å². The molecule has 268 valence electrons. The van der Waals surface area contributed by atoms with Crippen molar-refractivity contribution < 1.29 is 24.2 Å². The van der Waals surface area contributed by atoms with Crippen molar-refractivity contribution in [2.75, 3.05) is 14.1 Å². The molecule has 10 heteroatoms. The normalized spacial score (nSPS) is 16.6. The van der Waals surface area contributed by atoms with Crippen LogP contribution in [0.4, 0.5) is 0 Å². The summed E-state index contributed by atoms with van der Waals surface area (Å²) in [6.07, 6.45) is 13.1. The predicted molar refractivity (Wildman–Crippen MR) is 192 cm³/mol. The number of hydrogen-bond donors (Lipinski definition) is 4. The van der Waals surface area contributed by atoms with E-state index in [0.29, 0.717) is 5.75 Å². The second kappa shape index (κ2) is 20.2. The molecule has 47 heavy (non-hydrogen) atoms. The molecule has 1 aromatic carbocycles. The molecule has 3 unspecified atom stereocenters. The third-order valence-corrected chi connectivity index (χ3v) is 9.26. The van der Waals surface area contributed by atoms with Crippen LogP contribution in [0.5, 0.6) is 11.5 Å². The third kappa shape index (κ3) is 15.4. The number of ether oxygens (including phenoxy) is 2. The molecule has 1 heterocycles. The number of carboxylic acid groups (broad SMARTS) is 1. The zero-order valence-corrected chi connectivity index (χ0v) is 31.1. The summed E-state index contributed by atoms with van der Waals surface area (Å²) in [4.78, 5) is 28.0. The molecule has 0 aromatic heterocycles. The number of carbonyl (C=O) groups excluding carboxylic acids is 1. The van der Waals surface area contributed by atoms with Gasteiger partial charge in [0, 0.05) is 19.7 Å². The van der Waals surface area contributed by atoms with Gasteiger partial charge in [0.1, 0.15) is 17.1 Å². The Bertz CT molecular complexity index is 1210. The third-order valence-electron chi connectivity index (χ3n) is 9.26. The molecule has 0 saturated heterocycles. The number of carbonyl (C=O) groups is 2. The fourth-order valence-corrected chi connectivity index (χ4v) is 6.01. The zero-order chi connectivity index (χ0) is 35.9. The first-order chi connectivity index (χ1) is 21.9. The van der Waals surface area contributed by atoms with E-state index in [1.165, 1.54) is 56.3 Å². The van der Waals surface area contributed by atoms with Gasteiger partial charge in [0.2, 0.25) is 5.96 Å². The highest BCUT2D eigenvalue weighted by Crippen LogP contribution is 2.45. The van der Waals surface area contributed by atoms with Crippen molar-refractivity contribution in [3.63, 3.8) is 0 Å². The van der Waals surface area contributed by atoms with Gasteiger partial charge in [0.15, 0.2) is 5.96 Å². The van der Waals surface area contributed by atoms with E-state index < -0.39 is 11.9 Å². The van der Waals surface area contributed by atoms with Gasteiger partial charge in [-0.05, 0) is 87.8 Å². The topological polar surface area (TPSA) is 164 Å². The molecule has 2 rings (SSSR count). The van der Waals surface area contributed by atoms with E-state index >= 15 is 0 Å². The number of hydrogen-bond acceptors (Lipinski definition) is 5. The minimum absolute atomic E-state index is 0.0509. The van der Waals surface area contributed by atoms with Gasteiger partial charge in [-0.15, -0.1) is 0 Å². The Balaban J connectivity index is 0.00000107. The second-order valence-corrected chi connectivity index (χ2v) is 14.5. The van der Waals surface area contributed by atoms with Crippen molar-refractivity contribution in [2.45, 2.75) is 144 Å². The van der Waals surface area contributed by atoms with Crippen LogP contribution in [-0.4, -0.2) is 53.6 Å². The van der Waals surface area contributed by atoms with Gasteiger partial charge in [-0.2, -0.15) is 4.99 Å². The van der Waals surface area contributed by atoms with Crippen molar-refractivity contribution in [3.05, 3.63) is 22.3 Å². The summed E-state index contributed by atoms with van der Waals surface area (Å²) in [7, 11) is 3.38. The number of fused-ring (bicyclic) bond motifs is 1. The molecule has 1 aliphatic heterocycles. The molecule has 1 aromatic rings. The van der Waals surface area contributed by atoms with Crippen LogP contribution >= 0.6 is 0 Å². The monoisotopic (exact) mass is 659 g/mol. The van der Waals surface area contributed by atoms with E-state index in [9.17, 15) is 9.59 Å². The number of guanidine groups is 2. The summed E-state index contributed by atoms with van der Waals surface area (Å²) >= 11 is 0. The number of benzene rings is 1. The Labute approximate surface area is 284 Å². The van der Waals surface area contributed by atoms with Gasteiger partial charge in [-0.25, -0.2) is 0 Å². The van der Waals surface area contributed by atoms with Crippen LogP contribution in [-0.2, 0) is 16.0 Å². The Hall–Kier alpha value is -3.30. The smallest absolute Gasteiger partial charge is 0.311 e. The van der Waals surface area contributed by atoms with Crippen LogP contribution in [0.1, 0.15) is 134 Å². The second-order valence-electron chi connectivity index (χ2n) is 14.5. The van der Waals surface area contributed by atoms with Crippen molar-refractivity contribution in [3.8, 4) is 11.5 Å². The maximum atomic E-state index is 12.2. The Morgan fingerprint density at radius 2 is 1.49 bits per heavy atom. The summed E-state index contributed by atoms with van der Waals surface area (Å²) in [5.41, 5.74) is 13.7. The predicted octanol–water partition coefficient (Wildman–Crippen LogP) is 7.66. The number of esters is 1. The van der Waals surface area contributed by atoms with Gasteiger partial charge in [0.05, 0.1) is 12.8 Å². The average molecular weight is 660 g/mol. The van der Waals surface area contributed by atoms with Crippen molar-refractivity contribution in [1.82, 2.24) is 4.90 Å². The number of nitrogens with two attached hydrogens (primary N) is 2. The Kier molecular flexibility index (Phi) is 17.9. The maximum absolute atomic E-state index is 12.2. The summed E-state index contributed by atoms with van der Waals surface area (Å²) in [5, 5.41) is 15.9. The summed E-state index contributed by atoms with van der Waals surface area (Å²) < 4.78 is 12.3. The van der Waals surface area contributed by atoms with E-state index in [1.807, 2.05) is 20.8 Å². The number of nitrogens with one attached hydrogen (secondary N) is 1. The quantitative estimate of drug-likeness (QED) is 0.0608. The summed E-state index contributed by atoms with van der Waals surface area (Å²) in [5.74, 6) is 2.38. The first kappa shape index (κ1) is 41.7. The zero-order valence-electron chi connectivity index (χ0n) is 31.1. The van der Waals surface area contributed by atoms with Gasteiger partial charge in [0.25, 0.3) is 0 Å². The van der Waals surface area contributed by atoms with Gasteiger partial charge < -0.3 is 30.9 Å². The van der Waals surface area contributed by atoms with E-state index in [0.717, 1.165) is 65.0 Å². The Morgan fingerprint density at radius 1 is 0.936 bits per heavy atom. The van der Waals surface area contributed by atoms with Crippen LogP contribution in [0, 0.1) is 43.9 Å². The minimum Gasteiger partial charge on any atom is -0.487 e. The molecular weight excluding hydrogens is 594 g/mol. The summed E-state index contributed by atoms with van der Waals surface area (Å²) in [6, 6.07) is 0. The fraction of sp³-hybridized carbons (Fsp3) is 0.730. The van der Waals surface area contributed by atoms with E-state index in [4.69, 9.17) is 31.5 Å². The first-order valence-electron chi connectivity index (χ1n) is 17.5. The molecule has 0 radical (unpaired) electrons. The lowest BCUT2D eigenvalue weighted by atomic mass is 9.83. The van der Waals surface area contributed by atoms with Crippen molar-refractivity contribution >= 4 is 23.9 Å². The van der Waals surface area contributed by atoms with Crippen LogP contribution in [0.2, 0.25) is 0 Å². The molecule has 0 saturated carbocycles. The lowest BCUT2D eigenvalue weighted by Gasteiger charge is -2.38. The maximum Gasteiger partial charge on any atom is 0.311 e. The molecule has 6 N–H and O–H groups in total. The van der Waals surface area contributed by atoms with Gasteiger partial charge in [-0.3, -0.25) is 15.0 Å². The molecule has 1 aliphatic rings. The molecule has 0 spiro atoms. The highest BCUT2D eigenvalue weighted by molar-refractivity contribution is 5.91. The van der Waals surface area contributed by atoms with E-state index in [1.54, 1.807) is 14.1 Å². The van der Waals surface area contributed by atoms with Gasteiger partial charge in [-0.1, -0.05) is 72.6 Å². The molecule has 10 nitrogen and oxygen atoms in total. The number of aliphatic imine (C=N–C) groups is 1. The number of rotatable bonds is 16. The average Bonchev–Trinajstić information content (AvgIpc) is 2.96. The van der Waals surface area contributed by atoms with Crippen LogP contribution in [0.15, 0.2) is 4.99 Å². The fourth-order valence-electron chi connectivity index (χ4n) is 6.01. The number of carboxylic acids is 1. The summed E-state index contributed by atoms with van der Waals surface area (Å²) in [6.45, 7) is 17.6. The standard InChI is InChI=1S/C33H54O5.C4H11N5/c1-22(2)12-9-13-23(3)14-10-15-24(4)16-11-20-33(8)21-19-28-27(7)31(25(5)26(6)32(28)38-33)37-30(36)18-17-29(34)35;1-9(2)4(7)8-3(5)6/h22-24H,9-21H2,1-8H3,(H,34,35);1-2H3,(H5,5,6,7,8). The molecule has 0 aliphatic carbocycles. The van der Waals surface area contributed by atoms with E-state index in [2.05, 4.69) is 39.6 Å². The highest BCUT2D eigenvalue weighted by atomic mass is 16.5. The Morgan fingerprint density at radius 3 is 1.98 bits per heavy atom. The minimum atomic E-state index is -0.999. The lowest BCUT2D eigenvalue weighted by molar-refractivity contribution is -0.142. The van der Waals surface area contributed by atoms with Crippen LogP contribution in [0.3, 0.4) is 0 Å². The molecule has 0 amide bonds.